The van der Waals surface area contributed by atoms with Gasteiger partial charge in [-0.1, -0.05) is 78.9 Å². The van der Waals surface area contributed by atoms with Gasteiger partial charge in [-0.3, -0.25) is 9.69 Å². The lowest BCUT2D eigenvalue weighted by molar-refractivity contribution is -0.137. The number of fused-ring (bicyclic) bond motifs is 1. The van der Waals surface area contributed by atoms with E-state index in [0.717, 1.165) is 67.6 Å². The Bertz CT molecular complexity index is 1570. The van der Waals surface area contributed by atoms with Crippen LogP contribution < -0.4 is 14.2 Å². The molecule has 0 amide bonds. The number of hydrogen-bond donors (Lipinski definition) is 2. The van der Waals surface area contributed by atoms with E-state index in [4.69, 9.17) is 24.4 Å². The molecule has 0 saturated heterocycles. The van der Waals surface area contributed by atoms with E-state index in [9.17, 15) is 9.59 Å². The minimum atomic E-state index is -1.37. The highest BCUT2D eigenvalue weighted by atomic mass is 16.7. The number of aliphatic carboxylic acids is 1. The quantitative estimate of drug-likeness (QED) is 0.0742. The van der Waals surface area contributed by atoms with E-state index in [-0.39, 0.29) is 18.2 Å². The van der Waals surface area contributed by atoms with Crippen molar-refractivity contribution in [2.75, 3.05) is 19.7 Å². The molecule has 0 radical (unpaired) electrons. The predicted octanol–water partition coefficient (Wildman–Crippen LogP) is 7.73. The molecule has 0 bridgehead atoms. The molecule has 8 heteroatoms. The first kappa shape index (κ1) is 32.6. The molecule has 4 aromatic carbocycles. The fraction of sp³-hybridized carbons (Fsp3) is 0.316. The van der Waals surface area contributed by atoms with Crippen molar-refractivity contribution in [3.05, 3.63) is 125 Å². The Morgan fingerprint density at radius 1 is 0.783 bits per heavy atom. The highest BCUT2D eigenvalue weighted by Crippen LogP contribution is 2.38. The van der Waals surface area contributed by atoms with Gasteiger partial charge in [0.05, 0.1) is 6.61 Å². The van der Waals surface area contributed by atoms with Gasteiger partial charge in [0.1, 0.15) is 23.9 Å². The summed E-state index contributed by atoms with van der Waals surface area (Å²) in [5.74, 6) is 0.888. The lowest BCUT2D eigenvalue weighted by atomic mass is 9.97. The van der Waals surface area contributed by atoms with Crippen LogP contribution in [0.2, 0.25) is 0 Å². The largest absolute Gasteiger partial charge is 0.511 e. The Morgan fingerprint density at radius 2 is 1.50 bits per heavy atom. The molecule has 2 N–H and O–H groups in total. The topological polar surface area (TPSA) is 106 Å². The van der Waals surface area contributed by atoms with E-state index in [1.54, 1.807) is 12.1 Å². The van der Waals surface area contributed by atoms with Crippen LogP contribution in [0.5, 0.6) is 17.2 Å². The monoisotopic (exact) mass is 623 g/mol. The molecule has 4 aromatic rings. The van der Waals surface area contributed by atoms with Gasteiger partial charge in [-0.15, -0.1) is 0 Å². The maximum atomic E-state index is 11.1. The standard InChI is InChI=1S/C38H41NO7/c40-37(41)12-6-7-23-39(34-22-25-44-36-26-32(46-38(42)43)19-20-33(34)36)24-21-31-10-4-5-11-35(31)45-27-30-17-15-29(16-18-30)14-13-28-8-2-1-3-9-28/h1-5,8-11,15-20,26,34H,6-7,12-14,21-25,27H2,(H,40,41)(H,42,43). The maximum absolute atomic E-state index is 11.1. The maximum Gasteiger partial charge on any atom is 0.511 e. The van der Waals surface area contributed by atoms with E-state index in [1.807, 2.05) is 30.3 Å². The van der Waals surface area contributed by atoms with Crippen molar-refractivity contribution < 1.29 is 34.0 Å². The predicted molar refractivity (Wildman–Crippen MR) is 176 cm³/mol. The number of rotatable bonds is 16. The lowest BCUT2D eigenvalue weighted by Gasteiger charge is -2.36. The molecule has 0 saturated carbocycles. The SMILES string of the molecule is O=C(O)CCCCN(CCc1ccccc1OCc1ccc(CCc2ccccc2)cc1)C1CCOc2cc(OC(=O)O)ccc21. The summed E-state index contributed by atoms with van der Waals surface area (Å²) in [6, 6.07) is 32.4. The molecule has 0 aromatic heterocycles. The van der Waals surface area contributed by atoms with Gasteiger partial charge in [0, 0.05) is 37.1 Å². The van der Waals surface area contributed by atoms with Crippen LogP contribution in [0.25, 0.3) is 0 Å². The third kappa shape index (κ3) is 9.59. The number of hydrogen-bond acceptors (Lipinski definition) is 6. The molecule has 46 heavy (non-hydrogen) atoms. The molecule has 1 heterocycles. The minimum absolute atomic E-state index is 0.0425. The highest BCUT2D eigenvalue weighted by Gasteiger charge is 2.28. The number of carboxylic acids is 1. The van der Waals surface area contributed by atoms with Crippen LogP contribution in [0.4, 0.5) is 4.79 Å². The molecule has 1 atom stereocenters. The van der Waals surface area contributed by atoms with E-state index >= 15 is 0 Å². The third-order valence-corrected chi connectivity index (χ3v) is 8.33. The zero-order valence-corrected chi connectivity index (χ0v) is 26.0. The van der Waals surface area contributed by atoms with Crippen molar-refractivity contribution in [3.63, 3.8) is 0 Å². The minimum Gasteiger partial charge on any atom is -0.493 e. The van der Waals surface area contributed by atoms with Crippen molar-refractivity contribution in [2.24, 2.45) is 0 Å². The smallest absolute Gasteiger partial charge is 0.493 e. The summed E-state index contributed by atoms with van der Waals surface area (Å²) in [6.07, 6.45) is 3.64. The fourth-order valence-corrected chi connectivity index (χ4v) is 5.92. The molecular formula is C38H41NO7. The zero-order chi connectivity index (χ0) is 32.1. The molecule has 1 unspecified atom stereocenters. The summed E-state index contributed by atoms with van der Waals surface area (Å²) < 4.78 is 17.1. The van der Waals surface area contributed by atoms with Crippen LogP contribution in [-0.4, -0.2) is 46.9 Å². The average molecular weight is 624 g/mol. The number of unbranched alkanes of at least 4 members (excludes halogenated alkanes) is 1. The van der Waals surface area contributed by atoms with Crippen molar-refractivity contribution in [3.8, 4) is 17.2 Å². The zero-order valence-electron chi connectivity index (χ0n) is 26.0. The summed E-state index contributed by atoms with van der Waals surface area (Å²) in [7, 11) is 0. The van der Waals surface area contributed by atoms with E-state index in [0.29, 0.717) is 25.4 Å². The number of nitrogens with zero attached hydrogens (tertiary/aromatic N) is 1. The van der Waals surface area contributed by atoms with E-state index < -0.39 is 12.1 Å². The molecule has 5 rings (SSSR count). The number of aryl methyl sites for hydroxylation is 2. The number of para-hydroxylation sites is 1. The van der Waals surface area contributed by atoms with Crippen LogP contribution in [0, 0.1) is 0 Å². The van der Waals surface area contributed by atoms with Gasteiger partial charge < -0.3 is 24.4 Å². The van der Waals surface area contributed by atoms with Gasteiger partial charge in [0.15, 0.2) is 0 Å². The molecule has 8 nitrogen and oxygen atoms in total. The van der Waals surface area contributed by atoms with Crippen LogP contribution >= 0.6 is 0 Å². The Morgan fingerprint density at radius 3 is 2.26 bits per heavy atom. The van der Waals surface area contributed by atoms with Gasteiger partial charge in [-0.05, 0) is 73.0 Å². The van der Waals surface area contributed by atoms with Gasteiger partial charge in [0.2, 0.25) is 0 Å². The van der Waals surface area contributed by atoms with Gasteiger partial charge in [-0.25, -0.2) is 4.79 Å². The molecule has 0 spiro atoms. The Kier molecular flexibility index (Phi) is 11.7. The van der Waals surface area contributed by atoms with Gasteiger partial charge in [-0.2, -0.15) is 0 Å². The summed E-state index contributed by atoms with van der Waals surface area (Å²) in [6.45, 7) is 2.43. The Hall–Kier alpha value is -4.82. The normalized spacial score (nSPS) is 13.9. The summed E-state index contributed by atoms with van der Waals surface area (Å²) in [5.41, 5.74) is 5.83. The van der Waals surface area contributed by atoms with Crippen LogP contribution in [0.15, 0.2) is 97.1 Å². The van der Waals surface area contributed by atoms with Crippen molar-refractivity contribution in [1.29, 1.82) is 0 Å². The van der Waals surface area contributed by atoms with E-state index in [1.165, 1.54) is 11.1 Å². The highest BCUT2D eigenvalue weighted by molar-refractivity contribution is 5.66. The molecule has 1 aliphatic heterocycles. The molecular weight excluding hydrogens is 582 g/mol. The Balaban J connectivity index is 1.22. The number of carboxylic acid groups (broad SMARTS) is 2. The lowest BCUT2D eigenvalue weighted by Crippen LogP contribution is -2.35. The summed E-state index contributed by atoms with van der Waals surface area (Å²) >= 11 is 0. The molecule has 0 aliphatic carbocycles. The van der Waals surface area contributed by atoms with Crippen molar-refractivity contribution >= 4 is 12.1 Å². The van der Waals surface area contributed by atoms with E-state index in [2.05, 4.69) is 59.5 Å². The molecule has 240 valence electrons. The first-order chi connectivity index (χ1) is 22.4. The second-order valence-corrected chi connectivity index (χ2v) is 11.6. The molecule has 0 fully saturated rings. The van der Waals surface area contributed by atoms with Crippen LogP contribution in [0.3, 0.4) is 0 Å². The third-order valence-electron chi connectivity index (χ3n) is 8.33. The molecule has 1 aliphatic rings. The first-order valence-electron chi connectivity index (χ1n) is 15.9. The summed E-state index contributed by atoms with van der Waals surface area (Å²) in [5, 5.41) is 18.2. The van der Waals surface area contributed by atoms with Gasteiger partial charge in [0.25, 0.3) is 0 Å². The number of carbonyl (C=O) groups is 2. The number of ether oxygens (including phenoxy) is 3. The van der Waals surface area contributed by atoms with Crippen molar-refractivity contribution in [2.45, 2.75) is 57.6 Å². The average Bonchev–Trinajstić information content (AvgIpc) is 3.06. The summed E-state index contributed by atoms with van der Waals surface area (Å²) in [4.78, 5) is 24.6. The second-order valence-electron chi connectivity index (χ2n) is 11.6. The first-order valence-corrected chi connectivity index (χ1v) is 15.9. The van der Waals surface area contributed by atoms with Crippen molar-refractivity contribution in [1.82, 2.24) is 4.90 Å². The van der Waals surface area contributed by atoms with Gasteiger partial charge >= 0.3 is 12.1 Å². The van der Waals surface area contributed by atoms with Crippen LogP contribution in [-0.2, 0) is 30.7 Å². The van der Waals surface area contributed by atoms with Crippen LogP contribution in [0.1, 0.15) is 59.5 Å². The Labute approximate surface area is 270 Å². The second kappa shape index (κ2) is 16.5. The number of benzene rings is 4. The fourth-order valence-electron chi connectivity index (χ4n) is 5.92.